The summed E-state index contributed by atoms with van der Waals surface area (Å²) in [5.41, 5.74) is -1.66. The minimum atomic E-state index is -4.79. The minimum Gasteiger partial charge on any atom is -0.338 e. The maximum atomic E-state index is 13.7. The first-order valence-corrected chi connectivity index (χ1v) is 8.40. The highest BCUT2D eigenvalue weighted by atomic mass is 35.5. The van der Waals surface area contributed by atoms with E-state index in [1.165, 1.54) is 23.2 Å². The van der Waals surface area contributed by atoms with Crippen LogP contribution in [0.5, 0.6) is 0 Å². The van der Waals surface area contributed by atoms with Crippen molar-refractivity contribution in [3.63, 3.8) is 0 Å². The summed E-state index contributed by atoms with van der Waals surface area (Å²) in [6, 6.07) is 2.91. The van der Waals surface area contributed by atoms with Gasteiger partial charge in [-0.05, 0) is 38.1 Å². The predicted octanol–water partition coefficient (Wildman–Crippen LogP) is 2.62. The molecule has 0 aromatic carbocycles. The molecule has 0 spiro atoms. The summed E-state index contributed by atoms with van der Waals surface area (Å²) in [6.45, 7) is 1.53. The van der Waals surface area contributed by atoms with E-state index >= 15 is 0 Å². The molecule has 1 saturated heterocycles. The number of likely N-dealkylation sites (tertiary alicyclic amines) is 1. The smallest absolute Gasteiger partial charge is 0.338 e. The van der Waals surface area contributed by atoms with E-state index in [2.05, 4.69) is 15.4 Å². The molecule has 1 N–H and O–H groups in total. The second kappa shape index (κ2) is 7.24. The van der Waals surface area contributed by atoms with Crippen molar-refractivity contribution in [3.8, 4) is 5.82 Å². The van der Waals surface area contributed by atoms with E-state index in [1.807, 2.05) is 0 Å². The van der Waals surface area contributed by atoms with Gasteiger partial charge in [-0.15, -0.1) is 0 Å². The number of carbonyl (C=O) groups excluding carboxylic acids is 1. The molecule has 3 rings (SSSR count). The lowest BCUT2D eigenvalue weighted by molar-refractivity contribution is -0.143. The second-order valence-electron chi connectivity index (χ2n) is 6.09. The van der Waals surface area contributed by atoms with Gasteiger partial charge in [0.15, 0.2) is 11.5 Å². The monoisotopic (exact) mass is 387 g/mol. The van der Waals surface area contributed by atoms with Crippen LogP contribution in [0, 0.1) is 5.92 Å². The van der Waals surface area contributed by atoms with Crippen molar-refractivity contribution in [2.75, 3.05) is 26.7 Å². The largest absolute Gasteiger partial charge is 0.434 e. The summed E-state index contributed by atoms with van der Waals surface area (Å²) in [7, 11) is 1.80. The van der Waals surface area contributed by atoms with Crippen LogP contribution in [0.15, 0.2) is 24.5 Å². The van der Waals surface area contributed by atoms with Crippen LogP contribution in [0.3, 0.4) is 0 Å². The molecule has 1 aliphatic rings. The molecule has 0 aliphatic carbocycles. The van der Waals surface area contributed by atoms with E-state index in [0.29, 0.717) is 24.3 Å². The van der Waals surface area contributed by atoms with Gasteiger partial charge in [0.1, 0.15) is 0 Å². The quantitative estimate of drug-likeness (QED) is 0.876. The number of aromatic nitrogens is 3. The molecule has 1 unspecified atom stereocenters. The number of carbonyl (C=O) groups is 1. The molecule has 0 saturated carbocycles. The molecule has 3 heterocycles. The molecular formula is C16H17ClF3N5O. The highest BCUT2D eigenvalue weighted by molar-refractivity contribution is 6.32. The van der Waals surface area contributed by atoms with Crippen LogP contribution in [0.1, 0.15) is 22.5 Å². The molecule has 0 bridgehead atoms. The Kier molecular flexibility index (Phi) is 5.19. The van der Waals surface area contributed by atoms with E-state index in [4.69, 9.17) is 11.6 Å². The fourth-order valence-corrected chi connectivity index (χ4v) is 3.32. The topological polar surface area (TPSA) is 63.1 Å². The number of halogens is 4. The molecule has 1 amide bonds. The third-order valence-electron chi connectivity index (χ3n) is 4.27. The highest BCUT2D eigenvalue weighted by Gasteiger charge is 2.42. The third kappa shape index (κ3) is 3.54. The maximum Gasteiger partial charge on any atom is 0.434 e. The van der Waals surface area contributed by atoms with Gasteiger partial charge in [0.2, 0.25) is 0 Å². The number of rotatable bonds is 4. The van der Waals surface area contributed by atoms with Gasteiger partial charge in [-0.3, -0.25) is 4.79 Å². The first-order valence-electron chi connectivity index (χ1n) is 8.03. The van der Waals surface area contributed by atoms with Crippen molar-refractivity contribution in [2.24, 2.45) is 5.92 Å². The number of pyridine rings is 1. The Morgan fingerprint density at radius 3 is 2.88 bits per heavy atom. The summed E-state index contributed by atoms with van der Waals surface area (Å²) in [4.78, 5) is 18.0. The number of alkyl halides is 3. The number of hydrogen-bond donors (Lipinski definition) is 1. The highest BCUT2D eigenvalue weighted by Crippen LogP contribution is 2.35. The van der Waals surface area contributed by atoms with Gasteiger partial charge in [0.25, 0.3) is 5.91 Å². The third-order valence-corrected chi connectivity index (χ3v) is 4.57. The normalized spacial score (nSPS) is 17.7. The zero-order valence-electron chi connectivity index (χ0n) is 13.9. The van der Waals surface area contributed by atoms with Crippen LogP contribution in [0.2, 0.25) is 5.02 Å². The van der Waals surface area contributed by atoms with E-state index in [-0.39, 0.29) is 16.8 Å². The first kappa shape index (κ1) is 18.7. The predicted molar refractivity (Wildman–Crippen MR) is 89.3 cm³/mol. The molecule has 2 aromatic heterocycles. The maximum absolute atomic E-state index is 13.7. The Morgan fingerprint density at radius 1 is 1.46 bits per heavy atom. The zero-order chi connectivity index (χ0) is 18.9. The fraction of sp³-hybridized carbons (Fsp3) is 0.438. The Morgan fingerprint density at radius 2 is 2.23 bits per heavy atom. The van der Waals surface area contributed by atoms with E-state index in [9.17, 15) is 18.0 Å². The van der Waals surface area contributed by atoms with E-state index in [0.717, 1.165) is 12.6 Å². The number of nitrogens with zero attached hydrogens (tertiary/aromatic N) is 4. The number of hydrogen-bond acceptors (Lipinski definition) is 4. The summed E-state index contributed by atoms with van der Waals surface area (Å²) < 4.78 is 41.7. The van der Waals surface area contributed by atoms with Gasteiger partial charge >= 0.3 is 6.18 Å². The average molecular weight is 388 g/mol. The number of amides is 1. The molecule has 140 valence electrons. The van der Waals surface area contributed by atoms with Crippen molar-refractivity contribution in [2.45, 2.75) is 12.6 Å². The fourth-order valence-electron chi connectivity index (χ4n) is 3.11. The van der Waals surface area contributed by atoms with Crippen molar-refractivity contribution in [1.82, 2.24) is 25.0 Å². The Bertz CT molecular complexity index is 807. The summed E-state index contributed by atoms with van der Waals surface area (Å²) in [6.07, 6.45) is -1.80. The van der Waals surface area contributed by atoms with Crippen molar-refractivity contribution in [1.29, 1.82) is 0 Å². The van der Waals surface area contributed by atoms with Gasteiger partial charge in [0.05, 0.1) is 16.8 Å². The first-order chi connectivity index (χ1) is 12.3. The van der Waals surface area contributed by atoms with Gasteiger partial charge < -0.3 is 10.2 Å². The van der Waals surface area contributed by atoms with E-state index < -0.39 is 23.3 Å². The minimum absolute atomic E-state index is 0.00959. The van der Waals surface area contributed by atoms with E-state index in [1.54, 1.807) is 7.05 Å². The molecule has 10 heteroatoms. The summed E-state index contributed by atoms with van der Waals surface area (Å²) in [5.74, 6) is -0.636. The van der Waals surface area contributed by atoms with Crippen molar-refractivity contribution < 1.29 is 18.0 Å². The second-order valence-corrected chi connectivity index (χ2v) is 6.50. The standard InChI is InChI=1S/C16H17ClF3N5O/c1-21-7-10-4-6-24(9-10)15(26)11-8-23-25(13(11)16(18,19)20)14-12(17)3-2-5-22-14/h2-3,5,8,10,21H,4,6-7,9H2,1H3. The molecule has 1 atom stereocenters. The number of nitrogens with one attached hydrogen (secondary N) is 1. The van der Waals surface area contributed by atoms with Crippen molar-refractivity contribution in [3.05, 3.63) is 40.8 Å². The SMILES string of the molecule is CNCC1CCN(C(=O)c2cnn(-c3ncccc3Cl)c2C(F)(F)F)C1. The van der Waals surface area contributed by atoms with Crippen LogP contribution in [-0.2, 0) is 6.18 Å². The summed E-state index contributed by atoms with van der Waals surface area (Å²) >= 11 is 5.96. The van der Waals surface area contributed by atoms with Gasteiger partial charge in [-0.25, -0.2) is 9.67 Å². The lowest BCUT2D eigenvalue weighted by Gasteiger charge is -2.18. The van der Waals surface area contributed by atoms with Crippen molar-refractivity contribution >= 4 is 17.5 Å². The summed E-state index contributed by atoms with van der Waals surface area (Å²) in [5, 5.41) is 6.78. The molecule has 1 fully saturated rings. The molecule has 1 aliphatic heterocycles. The Hall–Kier alpha value is -2.13. The van der Waals surface area contributed by atoms with Crippen LogP contribution in [0.25, 0.3) is 5.82 Å². The average Bonchev–Trinajstić information content (AvgIpc) is 3.21. The van der Waals surface area contributed by atoms with Gasteiger partial charge in [-0.1, -0.05) is 11.6 Å². The lowest BCUT2D eigenvalue weighted by atomic mass is 10.1. The molecule has 0 radical (unpaired) electrons. The van der Waals surface area contributed by atoms with Crippen LogP contribution < -0.4 is 5.32 Å². The Balaban J connectivity index is 1.99. The van der Waals surface area contributed by atoms with Gasteiger partial charge in [0, 0.05) is 19.3 Å². The molecular weight excluding hydrogens is 371 g/mol. The van der Waals surface area contributed by atoms with Crippen LogP contribution >= 0.6 is 11.6 Å². The zero-order valence-corrected chi connectivity index (χ0v) is 14.7. The van der Waals surface area contributed by atoms with Crippen LogP contribution in [-0.4, -0.2) is 52.3 Å². The molecule has 2 aromatic rings. The lowest BCUT2D eigenvalue weighted by Crippen LogP contribution is -2.32. The molecule has 26 heavy (non-hydrogen) atoms. The molecule has 6 nitrogen and oxygen atoms in total. The van der Waals surface area contributed by atoms with Crippen LogP contribution in [0.4, 0.5) is 13.2 Å². The van der Waals surface area contributed by atoms with Gasteiger partial charge in [-0.2, -0.15) is 18.3 Å². The Labute approximate surface area is 153 Å².